The first kappa shape index (κ1) is 13.0. The summed E-state index contributed by atoms with van der Waals surface area (Å²) in [4.78, 5) is 11.8. The number of benzene rings is 2. The Morgan fingerprint density at radius 2 is 1.95 bits per heavy atom. The molecule has 0 aliphatic heterocycles. The van der Waals surface area contributed by atoms with E-state index in [1.807, 2.05) is 19.1 Å². The average Bonchev–Trinajstić information content (AvgIpc) is 3.29. The van der Waals surface area contributed by atoms with Crippen LogP contribution in [0.25, 0.3) is 10.8 Å². The molecule has 3 heteroatoms. The number of amides is 2. The van der Waals surface area contributed by atoms with Gasteiger partial charge in [-0.3, -0.25) is 0 Å². The molecule has 20 heavy (non-hydrogen) atoms. The van der Waals surface area contributed by atoms with Gasteiger partial charge in [0.05, 0.1) is 6.04 Å². The average molecular weight is 268 g/mol. The van der Waals surface area contributed by atoms with Crippen LogP contribution in [0.2, 0.25) is 0 Å². The van der Waals surface area contributed by atoms with E-state index >= 15 is 0 Å². The highest BCUT2D eigenvalue weighted by Crippen LogP contribution is 2.27. The predicted octanol–water partition coefficient (Wildman–Crippen LogP) is 3.61. The van der Waals surface area contributed by atoms with Gasteiger partial charge in [0.25, 0.3) is 0 Å². The molecular weight excluding hydrogens is 248 g/mol. The Bertz CT molecular complexity index is 619. The van der Waals surface area contributed by atoms with Crippen LogP contribution in [0, 0.1) is 5.92 Å². The maximum Gasteiger partial charge on any atom is 0.315 e. The fourth-order valence-electron chi connectivity index (χ4n) is 2.37. The van der Waals surface area contributed by atoms with E-state index in [2.05, 4.69) is 41.0 Å². The molecule has 1 aliphatic carbocycles. The molecule has 0 bridgehead atoms. The first-order valence-corrected chi connectivity index (χ1v) is 7.25. The Hall–Kier alpha value is -2.03. The van der Waals surface area contributed by atoms with Crippen molar-refractivity contribution in [2.75, 3.05) is 6.54 Å². The highest BCUT2D eigenvalue weighted by atomic mass is 16.2. The molecule has 2 aromatic rings. The number of carbonyl (C=O) groups is 1. The minimum absolute atomic E-state index is 0.0128. The van der Waals surface area contributed by atoms with Crippen molar-refractivity contribution in [3.05, 3.63) is 48.0 Å². The second kappa shape index (κ2) is 5.53. The summed E-state index contributed by atoms with van der Waals surface area (Å²) >= 11 is 0. The lowest BCUT2D eigenvalue weighted by Crippen LogP contribution is -2.38. The molecule has 0 saturated heterocycles. The van der Waals surface area contributed by atoms with E-state index in [0.717, 1.165) is 12.1 Å². The summed E-state index contributed by atoms with van der Waals surface area (Å²) in [7, 11) is 0. The Balaban J connectivity index is 1.64. The van der Waals surface area contributed by atoms with Gasteiger partial charge in [-0.15, -0.1) is 0 Å². The molecule has 0 unspecified atom stereocenters. The summed E-state index contributed by atoms with van der Waals surface area (Å²) in [6.45, 7) is 2.82. The lowest BCUT2D eigenvalue weighted by atomic mass is 10.0. The molecule has 104 valence electrons. The summed E-state index contributed by atoms with van der Waals surface area (Å²) in [5, 5.41) is 8.36. The van der Waals surface area contributed by atoms with Crippen LogP contribution in [0.4, 0.5) is 4.79 Å². The van der Waals surface area contributed by atoms with Crippen LogP contribution in [0.3, 0.4) is 0 Å². The first-order chi connectivity index (χ1) is 9.72. The first-order valence-electron chi connectivity index (χ1n) is 7.25. The molecule has 0 heterocycles. The van der Waals surface area contributed by atoms with Crippen LogP contribution >= 0.6 is 0 Å². The number of carbonyl (C=O) groups excluding carboxylic acids is 1. The van der Waals surface area contributed by atoms with Crippen molar-refractivity contribution < 1.29 is 4.79 Å². The van der Waals surface area contributed by atoms with Gasteiger partial charge in [0.15, 0.2) is 0 Å². The van der Waals surface area contributed by atoms with E-state index < -0.39 is 0 Å². The van der Waals surface area contributed by atoms with Gasteiger partial charge in [-0.25, -0.2) is 4.79 Å². The van der Waals surface area contributed by atoms with Crippen molar-refractivity contribution >= 4 is 16.8 Å². The molecule has 0 radical (unpaired) electrons. The minimum atomic E-state index is -0.0717. The van der Waals surface area contributed by atoms with Crippen molar-refractivity contribution in [3.8, 4) is 0 Å². The van der Waals surface area contributed by atoms with Crippen molar-refractivity contribution in [1.82, 2.24) is 10.6 Å². The van der Waals surface area contributed by atoms with E-state index in [9.17, 15) is 4.79 Å². The van der Waals surface area contributed by atoms with Gasteiger partial charge >= 0.3 is 6.03 Å². The van der Waals surface area contributed by atoms with Crippen LogP contribution in [0.5, 0.6) is 0 Å². The van der Waals surface area contributed by atoms with Gasteiger partial charge in [-0.1, -0.05) is 36.4 Å². The number of urea groups is 1. The molecule has 0 aromatic heterocycles. The van der Waals surface area contributed by atoms with Gasteiger partial charge in [-0.05, 0) is 48.1 Å². The van der Waals surface area contributed by atoms with Gasteiger partial charge in [0, 0.05) is 6.54 Å². The molecule has 1 aliphatic rings. The van der Waals surface area contributed by atoms with Crippen molar-refractivity contribution in [2.45, 2.75) is 25.8 Å². The normalized spacial score (nSPS) is 15.8. The molecule has 2 aromatic carbocycles. The van der Waals surface area contributed by atoms with Gasteiger partial charge in [0.1, 0.15) is 0 Å². The summed E-state index contributed by atoms with van der Waals surface area (Å²) in [6, 6.07) is 14.5. The third-order valence-electron chi connectivity index (χ3n) is 3.87. The molecule has 1 atom stereocenters. The van der Waals surface area contributed by atoms with Gasteiger partial charge < -0.3 is 10.6 Å². The van der Waals surface area contributed by atoms with E-state index in [1.165, 1.54) is 23.6 Å². The van der Waals surface area contributed by atoms with Crippen molar-refractivity contribution in [3.63, 3.8) is 0 Å². The lowest BCUT2D eigenvalue weighted by Gasteiger charge is -2.15. The van der Waals surface area contributed by atoms with Crippen LogP contribution in [0.1, 0.15) is 31.4 Å². The standard InChI is InChI=1S/C17H20N2O/c1-12(19-17(20)18-11-13-6-7-13)15-9-8-14-4-2-3-5-16(14)10-15/h2-5,8-10,12-13H,6-7,11H2,1H3,(H2,18,19,20)/t12-/m0/s1. The van der Waals surface area contributed by atoms with Gasteiger partial charge in [0.2, 0.25) is 0 Å². The molecule has 2 N–H and O–H groups in total. The summed E-state index contributed by atoms with van der Waals surface area (Å²) in [5.41, 5.74) is 1.13. The number of hydrogen-bond acceptors (Lipinski definition) is 1. The molecular formula is C17H20N2O. The van der Waals surface area contributed by atoms with Crippen molar-refractivity contribution in [2.24, 2.45) is 5.92 Å². The highest BCUT2D eigenvalue weighted by Gasteiger charge is 2.21. The summed E-state index contributed by atoms with van der Waals surface area (Å²) < 4.78 is 0. The van der Waals surface area contributed by atoms with Crippen molar-refractivity contribution in [1.29, 1.82) is 0 Å². The monoisotopic (exact) mass is 268 g/mol. The lowest BCUT2D eigenvalue weighted by molar-refractivity contribution is 0.237. The van der Waals surface area contributed by atoms with Crippen LogP contribution in [-0.4, -0.2) is 12.6 Å². The maximum atomic E-state index is 11.8. The topological polar surface area (TPSA) is 41.1 Å². The zero-order chi connectivity index (χ0) is 13.9. The largest absolute Gasteiger partial charge is 0.338 e. The van der Waals surface area contributed by atoms with E-state index in [0.29, 0.717) is 5.92 Å². The zero-order valence-electron chi connectivity index (χ0n) is 11.7. The summed E-state index contributed by atoms with van der Waals surface area (Å²) in [6.07, 6.45) is 2.50. The maximum absolute atomic E-state index is 11.8. The second-order valence-corrected chi connectivity index (χ2v) is 5.63. The SMILES string of the molecule is C[C@H](NC(=O)NCC1CC1)c1ccc2ccccc2c1. The Labute approximate surface area is 119 Å². The minimum Gasteiger partial charge on any atom is -0.338 e. The smallest absolute Gasteiger partial charge is 0.315 e. The third-order valence-corrected chi connectivity index (χ3v) is 3.87. The van der Waals surface area contributed by atoms with Crippen LogP contribution < -0.4 is 10.6 Å². The summed E-state index contributed by atoms with van der Waals surface area (Å²) in [5.74, 6) is 0.705. The quantitative estimate of drug-likeness (QED) is 0.873. The fraction of sp³-hybridized carbons (Fsp3) is 0.353. The van der Waals surface area contributed by atoms with E-state index in [4.69, 9.17) is 0 Å². The third kappa shape index (κ3) is 3.10. The fourth-order valence-corrected chi connectivity index (χ4v) is 2.37. The molecule has 2 amide bonds. The Morgan fingerprint density at radius 1 is 1.20 bits per heavy atom. The Morgan fingerprint density at radius 3 is 2.70 bits per heavy atom. The number of rotatable bonds is 4. The molecule has 1 saturated carbocycles. The Kier molecular flexibility index (Phi) is 3.59. The highest BCUT2D eigenvalue weighted by molar-refractivity contribution is 5.83. The van der Waals surface area contributed by atoms with E-state index in [-0.39, 0.29) is 12.1 Å². The molecule has 0 spiro atoms. The van der Waals surface area contributed by atoms with Crippen LogP contribution in [-0.2, 0) is 0 Å². The number of hydrogen-bond donors (Lipinski definition) is 2. The molecule has 3 nitrogen and oxygen atoms in total. The van der Waals surface area contributed by atoms with Crippen LogP contribution in [0.15, 0.2) is 42.5 Å². The predicted molar refractivity (Wildman–Crippen MR) is 81.6 cm³/mol. The van der Waals surface area contributed by atoms with Gasteiger partial charge in [-0.2, -0.15) is 0 Å². The zero-order valence-corrected chi connectivity index (χ0v) is 11.7. The second-order valence-electron chi connectivity index (χ2n) is 5.63. The number of nitrogens with one attached hydrogen (secondary N) is 2. The van der Waals surface area contributed by atoms with E-state index in [1.54, 1.807) is 0 Å². The molecule has 1 fully saturated rings. The molecule has 3 rings (SSSR count). The number of fused-ring (bicyclic) bond motifs is 1.